The largest absolute Gasteiger partial charge is 0.438 e. The number of aliphatic hydroxyl groups excluding tert-OH is 1. The third kappa shape index (κ3) is 2.86. The van der Waals surface area contributed by atoms with Gasteiger partial charge in [0.05, 0.1) is 11.8 Å². The number of rotatable bonds is 4. The second kappa shape index (κ2) is 6.55. The van der Waals surface area contributed by atoms with Gasteiger partial charge in [0.25, 0.3) is 0 Å². The molecule has 3 aromatic rings. The lowest BCUT2D eigenvalue weighted by molar-refractivity contribution is -0.0490. The monoisotopic (exact) mass is 399 g/mol. The summed E-state index contributed by atoms with van der Waals surface area (Å²) >= 11 is 0. The quantitative estimate of drug-likeness (QED) is 0.581. The Balaban J connectivity index is 1.65. The van der Waals surface area contributed by atoms with E-state index in [1.807, 2.05) is 23.6 Å². The molecule has 0 radical (unpaired) electrons. The van der Waals surface area contributed by atoms with E-state index in [1.54, 1.807) is 0 Å². The molecule has 1 saturated heterocycles. The SMILES string of the molecule is C[C@H]1C[C@@H](c2ccc3c(c2)cc(C(O)O)n3[C@@]2(c3noc(=O)[nH]3)C[C@@H]2C)CCO1. The van der Waals surface area contributed by atoms with Gasteiger partial charge in [-0.15, -0.1) is 0 Å². The highest BCUT2D eigenvalue weighted by Crippen LogP contribution is 2.56. The molecule has 1 saturated carbocycles. The third-order valence-electron chi connectivity index (χ3n) is 6.60. The van der Waals surface area contributed by atoms with Gasteiger partial charge in [0, 0.05) is 17.5 Å². The summed E-state index contributed by atoms with van der Waals surface area (Å²) in [6, 6.07) is 8.09. The topological polar surface area (TPSA) is 114 Å². The Hall–Kier alpha value is -2.42. The van der Waals surface area contributed by atoms with Crippen molar-refractivity contribution in [3.05, 3.63) is 51.9 Å². The van der Waals surface area contributed by atoms with Crippen molar-refractivity contribution in [2.24, 2.45) is 5.92 Å². The molecule has 2 aromatic heterocycles. The highest BCUT2D eigenvalue weighted by molar-refractivity contribution is 5.83. The van der Waals surface area contributed by atoms with E-state index in [0.717, 1.165) is 36.8 Å². The molecular weight excluding hydrogens is 374 g/mol. The van der Waals surface area contributed by atoms with E-state index in [-0.39, 0.29) is 12.0 Å². The first-order valence-corrected chi connectivity index (χ1v) is 10.1. The van der Waals surface area contributed by atoms with Gasteiger partial charge in [0.2, 0.25) is 0 Å². The molecule has 154 valence electrons. The van der Waals surface area contributed by atoms with Crippen LogP contribution in [-0.4, -0.2) is 37.6 Å². The van der Waals surface area contributed by atoms with E-state index in [1.165, 1.54) is 5.56 Å². The zero-order chi connectivity index (χ0) is 20.3. The van der Waals surface area contributed by atoms with E-state index in [2.05, 4.69) is 29.2 Å². The first-order valence-electron chi connectivity index (χ1n) is 10.1. The van der Waals surface area contributed by atoms with Crippen molar-refractivity contribution >= 4 is 10.9 Å². The van der Waals surface area contributed by atoms with Crippen LogP contribution in [0.5, 0.6) is 0 Å². The van der Waals surface area contributed by atoms with Gasteiger partial charge in [-0.3, -0.25) is 9.51 Å². The summed E-state index contributed by atoms with van der Waals surface area (Å²) in [5.41, 5.74) is 1.84. The molecule has 0 bridgehead atoms. The lowest BCUT2D eigenvalue weighted by Gasteiger charge is -2.27. The van der Waals surface area contributed by atoms with Gasteiger partial charge in [0.1, 0.15) is 5.54 Å². The maximum absolute atomic E-state index is 11.6. The van der Waals surface area contributed by atoms with Crippen molar-refractivity contribution in [2.45, 2.75) is 57.0 Å². The summed E-state index contributed by atoms with van der Waals surface area (Å²) in [7, 11) is 0. The van der Waals surface area contributed by atoms with Crippen LogP contribution in [-0.2, 0) is 10.3 Å². The Labute approximate surface area is 167 Å². The maximum atomic E-state index is 11.6. The summed E-state index contributed by atoms with van der Waals surface area (Å²) in [6.07, 6.45) is 1.27. The van der Waals surface area contributed by atoms with Crippen LogP contribution in [0.25, 0.3) is 10.9 Å². The fourth-order valence-corrected chi connectivity index (χ4v) is 5.02. The number of aromatic nitrogens is 3. The van der Waals surface area contributed by atoms with Gasteiger partial charge in [0.15, 0.2) is 12.1 Å². The number of H-pyrrole nitrogens is 1. The predicted octanol–water partition coefficient (Wildman–Crippen LogP) is 2.37. The van der Waals surface area contributed by atoms with E-state index in [0.29, 0.717) is 17.4 Å². The number of ether oxygens (including phenoxy) is 1. The van der Waals surface area contributed by atoms with Crippen LogP contribution in [0, 0.1) is 5.92 Å². The lowest BCUT2D eigenvalue weighted by atomic mass is 9.88. The molecule has 4 atom stereocenters. The van der Waals surface area contributed by atoms with Crippen LogP contribution < -0.4 is 5.76 Å². The summed E-state index contributed by atoms with van der Waals surface area (Å²) < 4.78 is 12.3. The summed E-state index contributed by atoms with van der Waals surface area (Å²) in [5, 5.41) is 25.0. The van der Waals surface area contributed by atoms with Crippen molar-refractivity contribution in [1.82, 2.24) is 14.7 Å². The van der Waals surface area contributed by atoms with Crippen molar-refractivity contribution in [2.75, 3.05) is 6.61 Å². The Morgan fingerprint density at radius 3 is 2.72 bits per heavy atom. The molecule has 2 aliphatic rings. The third-order valence-corrected chi connectivity index (χ3v) is 6.60. The first-order chi connectivity index (χ1) is 13.9. The highest BCUT2D eigenvalue weighted by atomic mass is 16.5. The molecule has 8 heteroatoms. The second-order valence-electron chi connectivity index (χ2n) is 8.47. The van der Waals surface area contributed by atoms with Gasteiger partial charge >= 0.3 is 5.76 Å². The van der Waals surface area contributed by atoms with Crippen LogP contribution in [0.4, 0.5) is 0 Å². The average molecular weight is 399 g/mol. The van der Waals surface area contributed by atoms with Gasteiger partial charge < -0.3 is 19.5 Å². The van der Waals surface area contributed by atoms with E-state index >= 15 is 0 Å². The Kier molecular flexibility index (Phi) is 4.20. The summed E-state index contributed by atoms with van der Waals surface area (Å²) in [5.74, 6) is 0.385. The number of benzene rings is 1. The Morgan fingerprint density at radius 1 is 1.31 bits per heavy atom. The molecule has 1 aliphatic heterocycles. The molecule has 8 nitrogen and oxygen atoms in total. The van der Waals surface area contributed by atoms with Gasteiger partial charge in [-0.2, -0.15) is 0 Å². The highest BCUT2D eigenvalue weighted by Gasteiger charge is 2.58. The zero-order valence-electron chi connectivity index (χ0n) is 16.5. The number of aromatic amines is 1. The molecule has 0 spiro atoms. The van der Waals surface area contributed by atoms with E-state index in [9.17, 15) is 15.0 Å². The number of nitrogens with one attached hydrogen (secondary N) is 1. The number of fused-ring (bicyclic) bond motifs is 1. The second-order valence-corrected chi connectivity index (χ2v) is 8.47. The Morgan fingerprint density at radius 2 is 2.10 bits per heavy atom. The molecule has 0 unspecified atom stereocenters. The minimum absolute atomic E-state index is 0.160. The molecule has 2 fully saturated rings. The average Bonchev–Trinajstić information content (AvgIpc) is 3.04. The van der Waals surface area contributed by atoms with Crippen molar-refractivity contribution < 1.29 is 19.5 Å². The van der Waals surface area contributed by atoms with Crippen molar-refractivity contribution in [3.63, 3.8) is 0 Å². The predicted molar refractivity (Wildman–Crippen MR) is 104 cm³/mol. The van der Waals surface area contributed by atoms with E-state index in [4.69, 9.17) is 9.26 Å². The van der Waals surface area contributed by atoms with Crippen molar-refractivity contribution in [1.29, 1.82) is 0 Å². The molecule has 5 rings (SSSR count). The maximum Gasteiger partial charge on any atom is 0.438 e. The number of hydrogen-bond donors (Lipinski definition) is 3. The van der Waals surface area contributed by atoms with E-state index < -0.39 is 17.6 Å². The zero-order valence-corrected chi connectivity index (χ0v) is 16.5. The molecule has 3 heterocycles. The fraction of sp³-hybridized carbons (Fsp3) is 0.524. The fourth-order valence-electron chi connectivity index (χ4n) is 5.02. The summed E-state index contributed by atoms with van der Waals surface area (Å²) in [6.45, 7) is 4.90. The number of hydrogen-bond acceptors (Lipinski definition) is 6. The summed E-state index contributed by atoms with van der Waals surface area (Å²) in [4.78, 5) is 14.2. The van der Waals surface area contributed by atoms with Crippen molar-refractivity contribution in [3.8, 4) is 0 Å². The molecule has 3 N–H and O–H groups in total. The van der Waals surface area contributed by atoms with Crippen LogP contribution in [0.3, 0.4) is 0 Å². The Bertz CT molecular complexity index is 1110. The van der Waals surface area contributed by atoms with Crippen LogP contribution in [0.2, 0.25) is 0 Å². The molecule has 1 aliphatic carbocycles. The molecular formula is C21H25N3O5. The smallest absolute Gasteiger partial charge is 0.378 e. The minimum Gasteiger partial charge on any atom is -0.378 e. The molecule has 0 amide bonds. The van der Waals surface area contributed by atoms with Gasteiger partial charge in [-0.25, -0.2) is 4.79 Å². The standard InChI is InChI=1S/C21H25N3O5/c1-11-10-21(11,19-22-20(27)29-23-19)24-16-4-3-13(14-5-6-28-12(2)7-14)8-15(16)9-17(24)18(25)26/h3-4,8-9,11-12,14,18,25-26H,5-7,10H2,1-2H3,(H,22,23,27)/t11-,12-,14-,21-/m0/s1. The normalized spacial score (nSPS) is 29.6. The first kappa shape index (κ1) is 18.6. The van der Waals surface area contributed by atoms with Crippen LogP contribution >= 0.6 is 0 Å². The lowest BCUT2D eigenvalue weighted by Crippen LogP contribution is -2.26. The van der Waals surface area contributed by atoms with Gasteiger partial charge in [-0.05, 0) is 61.8 Å². The van der Waals surface area contributed by atoms with Crippen LogP contribution in [0.15, 0.2) is 33.6 Å². The number of nitrogens with zero attached hydrogens (tertiary/aromatic N) is 2. The molecule has 1 aromatic carbocycles. The number of aliphatic hydroxyl groups is 2. The minimum atomic E-state index is -1.64. The van der Waals surface area contributed by atoms with Crippen LogP contribution in [0.1, 0.15) is 62.4 Å². The molecule has 29 heavy (non-hydrogen) atoms. The van der Waals surface area contributed by atoms with Gasteiger partial charge in [-0.1, -0.05) is 18.1 Å².